The molecule has 1 aromatic carbocycles. The average Bonchev–Trinajstić information content (AvgIpc) is 2.50. The molecular weight excluding hydrogens is 302 g/mol. The molecule has 22 heavy (non-hydrogen) atoms. The highest BCUT2D eigenvalue weighted by Crippen LogP contribution is 2.17. The summed E-state index contributed by atoms with van der Waals surface area (Å²) < 4.78 is 5.58. The molecule has 2 N–H and O–H groups in total. The maximum Gasteiger partial charge on any atom is 0.272 e. The molecule has 0 bridgehead atoms. The lowest BCUT2D eigenvalue weighted by atomic mass is 10.3. The van der Waals surface area contributed by atoms with Crippen molar-refractivity contribution in [3.8, 4) is 5.75 Å². The number of halogens is 1. The molecule has 1 aromatic heterocycles. The fourth-order valence-electron chi connectivity index (χ4n) is 1.92. The van der Waals surface area contributed by atoms with Crippen molar-refractivity contribution in [1.29, 1.82) is 0 Å². The predicted molar refractivity (Wildman–Crippen MR) is 87.2 cm³/mol. The lowest BCUT2D eigenvalue weighted by Gasteiger charge is -2.17. The van der Waals surface area contributed by atoms with Crippen LogP contribution in [0.2, 0.25) is 5.02 Å². The number of hydrogen-bond donors (Lipinski definition) is 1. The Bertz CT molecular complexity index is 649. The molecule has 5 nitrogen and oxygen atoms in total. The molecule has 0 aliphatic heterocycles. The summed E-state index contributed by atoms with van der Waals surface area (Å²) in [4.78, 5) is 17.8. The van der Waals surface area contributed by atoms with Crippen LogP contribution >= 0.6 is 11.6 Å². The van der Waals surface area contributed by atoms with E-state index in [4.69, 9.17) is 22.1 Å². The van der Waals surface area contributed by atoms with Gasteiger partial charge in [-0.2, -0.15) is 0 Å². The van der Waals surface area contributed by atoms with Gasteiger partial charge in [-0.1, -0.05) is 23.7 Å². The molecule has 0 fully saturated rings. The Morgan fingerprint density at radius 3 is 2.82 bits per heavy atom. The van der Waals surface area contributed by atoms with Crippen molar-refractivity contribution in [3.63, 3.8) is 0 Å². The second-order valence-corrected chi connectivity index (χ2v) is 5.27. The first-order chi connectivity index (χ1) is 10.6. The molecule has 0 saturated heterocycles. The third-order valence-corrected chi connectivity index (χ3v) is 3.27. The number of rotatable bonds is 6. The fraction of sp³-hybridized carbons (Fsp3) is 0.250. The molecule has 0 aliphatic rings. The minimum atomic E-state index is -0.157. The van der Waals surface area contributed by atoms with E-state index in [0.717, 1.165) is 5.75 Å². The van der Waals surface area contributed by atoms with E-state index in [0.29, 0.717) is 36.1 Å². The fourth-order valence-corrected chi connectivity index (χ4v) is 2.10. The Hall–Kier alpha value is -2.27. The van der Waals surface area contributed by atoms with Crippen molar-refractivity contribution in [2.45, 2.75) is 6.42 Å². The number of aromatic nitrogens is 1. The van der Waals surface area contributed by atoms with Crippen LogP contribution in [-0.2, 0) is 0 Å². The topological polar surface area (TPSA) is 68.5 Å². The number of anilines is 1. The van der Waals surface area contributed by atoms with E-state index in [1.807, 2.05) is 12.1 Å². The van der Waals surface area contributed by atoms with Gasteiger partial charge in [0, 0.05) is 18.6 Å². The van der Waals surface area contributed by atoms with Gasteiger partial charge in [0.1, 0.15) is 17.3 Å². The number of nitrogens with two attached hydrogens (primary N) is 1. The third-order valence-electron chi connectivity index (χ3n) is 3.04. The molecule has 116 valence electrons. The highest BCUT2D eigenvalue weighted by molar-refractivity contribution is 6.30. The zero-order valence-electron chi connectivity index (χ0n) is 12.3. The van der Waals surface area contributed by atoms with Gasteiger partial charge < -0.3 is 15.4 Å². The summed E-state index contributed by atoms with van der Waals surface area (Å²) in [5, 5.41) is 0.637. The summed E-state index contributed by atoms with van der Waals surface area (Å²) in [6, 6.07) is 12.2. The van der Waals surface area contributed by atoms with Gasteiger partial charge in [-0.15, -0.1) is 0 Å². The smallest absolute Gasteiger partial charge is 0.272 e. The SMILES string of the molecule is CN(CCCOc1cccc(Cl)c1)C(=O)c1cccc(N)n1. The molecule has 2 rings (SSSR count). The van der Waals surface area contributed by atoms with Gasteiger partial charge >= 0.3 is 0 Å². The molecule has 0 saturated carbocycles. The Morgan fingerprint density at radius 2 is 2.09 bits per heavy atom. The van der Waals surface area contributed by atoms with Crippen LogP contribution in [0.4, 0.5) is 5.82 Å². The number of carbonyl (C=O) groups excluding carboxylic acids is 1. The number of carbonyl (C=O) groups is 1. The second kappa shape index (κ2) is 7.66. The summed E-state index contributed by atoms with van der Waals surface area (Å²) in [6.45, 7) is 1.07. The van der Waals surface area contributed by atoms with E-state index in [9.17, 15) is 4.79 Å². The lowest BCUT2D eigenvalue weighted by molar-refractivity contribution is 0.0782. The summed E-state index contributed by atoms with van der Waals surface area (Å²) in [7, 11) is 1.73. The molecular formula is C16H18ClN3O2. The van der Waals surface area contributed by atoms with Crippen molar-refractivity contribution in [2.24, 2.45) is 0 Å². The third kappa shape index (κ3) is 4.63. The number of pyridine rings is 1. The van der Waals surface area contributed by atoms with Crippen molar-refractivity contribution < 1.29 is 9.53 Å². The normalized spacial score (nSPS) is 10.3. The minimum Gasteiger partial charge on any atom is -0.493 e. The molecule has 0 unspecified atom stereocenters. The quantitative estimate of drug-likeness (QED) is 0.831. The molecule has 0 atom stereocenters. The molecule has 1 heterocycles. The van der Waals surface area contributed by atoms with Crippen LogP contribution in [0.25, 0.3) is 0 Å². The van der Waals surface area contributed by atoms with Crippen molar-refractivity contribution in [2.75, 3.05) is 25.9 Å². The van der Waals surface area contributed by atoms with Crippen LogP contribution in [-0.4, -0.2) is 36.0 Å². The largest absolute Gasteiger partial charge is 0.493 e. The van der Waals surface area contributed by atoms with Gasteiger partial charge in [0.25, 0.3) is 5.91 Å². The number of ether oxygens (including phenoxy) is 1. The second-order valence-electron chi connectivity index (χ2n) is 4.83. The van der Waals surface area contributed by atoms with Crippen molar-refractivity contribution >= 4 is 23.3 Å². The Labute approximate surface area is 134 Å². The number of nitrogens with zero attached hydrogens (tertiary/aromatic N) is 2. The first-order valence-electron chi connectivity index (χ1n) is 6.92. The van der Waals surface area contributed by atoms with Gasteiger partial charge in [-0.25, -0.2) is 4.98 Å². The van der Waals surface area contributed by atoms with Gasteiger partial charge in [-0.05, 0) is 36.8 Å². The van der Waals surface area contributed by atoms with Gasteiger partial charge in [-0.3, -0.25) is 4.79 Å². The van der Waals surface area contributed by atoms with Gasteiger partial charge in [0.15, 0.2) is 0 Å². The van der Waals surface area contributed by atoms with Crippen molar-refractivity contribution in [3.05, 3.63) is 53.2 Å². The average molecular weight is 320 g/mol. The van der Waals surface area contributed by atoms with E-state index in [1.54, 1.807) is 42.3 Å². The Kier molecular flexibility index (Phi) is 5.61. The maximum atomic E-state index is 12.2. The highest BCUT2D eigenvalue weighted by atomic mass is 35.5. The van der Waals surface area contributed by atoms with Crippen LogP contribution in [0, 0.1) is 0 Å². The monoisotopic (exact) mass is 319 g/mol. The van der Waals surface area contributed by atoms with Gasteiger partial charge in [0.2, 0.25) is 0 Å². The summed E-state index contributed by atoms with van der Waals surface area (Å²) in [6.07, 6.45) is 0.705. The highest BCUT2D eigenvalue weighted by Gasteiger charge is 2.12. The number of nitrogen functional groups attached to an aromatic ring is 1. The van der Waals surface area contributed by atoms with E-state index in [2.05, 4.69) is 4.98 Å². The minimum absolute atomic E-state index is 0.157. The predicted octanol–water partition coefficient (Wildman–Crippen LogP) is 2.86. The summed E-state index contributed by atoms with van der Waals surface area (Å²) in [5.41, 5.74) is 5.93. The summed E-state index contributed by atoms with van der Waals surface area (Å²) in [5.74, 6) is 0.901. The Balaban J connectivity index is 1.78. The maximum absolute atomic E-state index is 12.2. The molecule has 6 heteroatoms. The van der Waals surface area contributed by atoms with Crippen LogP contribution in [0.15, 0.2) is 42.5 Å². The first kappa shape index (κ1) is 16.1. The van der Waals surface area contributed by atoms with E-state index < -0.39 is 0 Å². The molecule has 1 amide bonds. The molecule has 2 aromatic rings. The van der Waals surface area contributed by atoms with Crippen LogP contribution < -0.4 is 10.5 Å². The Morgan fingerprint density at radius 1 is 1.32 bits per heavy atom. The standard InChI is InChI=1S/C16H18ClN3O2/c1-20(16(21)14-7-3-8-15(18)19-14)9-4-10-22-13-6-2-5-12(17)11-13/h2-3,5-8,11H,4,9-10H2,1H3,(H2,18,19). The van der Waals surface area contributed by atoms with Gasteiger partial charge in [0.05, 0.1) is 6.61 Å². The molecule has 0 aliphatic carbocycles. The van der Waals surface area contributed by atoms with E-state index >= 15 is 0 Å². The number of benzene rings is 1. The number of amides is 1. The summed E-state index contributed by atoms with van der Waals surface area (Å²) >= 11 is 5.88. The van der Waals surface area contributed by atoms with E-state index in [1.165, 1.54) is 0 Å². The van der Waals surface area contributed by atoms with Crippen molar-refractivity contribution in [1.82, 2.24) is 9.88 Å². The molecule has 0 spiro atoms. The van der Waals surface area contributed by atoms with Crippen LogP contribution in [0.1, 0.15) is 16.9 Å². The zero-order valence-corrected chi connectivity index (χ0v) is 13.1. The number of hydrogen-bond acceptors (Lipinski definition) is 4. The van der Waals surface area contributed by atoms with Crippen LogP contribution in [0.3, 0.4) is 0 Å². The zero-order chi connectivity index (χ0) is 15.9. The lowest BCUT2D eigenvalue weighted by Crippen LogP contribution is -2.29. The van der Waals surface area contributed by atoms with E-state index in [-0.39, 0.29) is 5.91 Å². The first-order valence-corrected chi connectivity index (χ1v) is 7.30. The molecule has 0 radical (unpaired) electrons. The van der Waals surface area contributed by atoms with Crippen LogP contribution in [0.5, 0.6) is 5.75 Å².